The Morgan fingerprint density at radius 1 is 1.11 bits per heavy atom. The highest BCUT2D eigenvalue weighted by Crippen LogP contribution is 2.45. The maximum atomic E-state index is 11.5. The summed E-state index contributed by atoms with van der Waals surface area (Å²) in [7, 11) is 0. The first kappa shape index (κ1) is 16.5. The van der Waals surface area contributed by atoms with Crippen LogP contribution in [0, 0.1) is 11.3 Å². The molecule has 0 spiro atoms. The van der Waals surface area contributed by atoms with Crippen LogP contribution in [-0.2, 0) is 4.79 Å². The smallest absolute Gasteiger partial charge is 0.309 e. The molecule has 0 bridgehead atoms. The van der Waals surface area contributed by atoms with E-state index in [4.69, 9.17) is 0 Å². The summed E-state index contributed by atoms with van der Waals surface area (Å²) < 4.78 is 0. The van der Waals surface area contributed by atoms with Crippen molar-refractivity contribution in [1.82, 2.24) is 0 Å². The van der Waals surface area contributed by atoms with Crippen LogP contribution in [0.2, 0.25) is 0 Å². The summed E-state index contributed by atoms with van der Waals surface area (Å²) in [4.78, 5) is 11.5. The Labute approximate surface area is 119 Å². The van der Waals surface area contributed by atoms with E-state index < -0.39 is 5.97 Å². The lowest BCUT2D eigenvalue weighted by molar-refractivity contribution is -0.149. The van der Waals surface area contributed by atoms with E-state index in [9.17, 15) is 9.90 Å². The molecule has 1 aliphatic carbocycles. The molecule has 0 radical (unpaired) electrons. The molecule has 1 N–H and O–H groups in total. The fourth-order valence-corrected chi connectivity index (χ4v) is 3.52. The highest BCUT2D eigenvalue weighted by molar-refractivity contribution is 5.75. The maximum Gasteiger partial charge on any atom is 0.309 e. The molecule has 2 heteroatoms. The molecule has 0 amide bonds. The lowest BCUT2D eigenvalue weighted by Gasteiger charge is -2.24. The van der Waals surface area contributed by atoms with Gasteiger partial charge in [-0.25, -0.2) is 0 Å². The molecule has 19 heavy (non-hydrogen) atoms. The van der Waals surface area contributed by atoms with Gasteiger partial charge in [-0.1, -0.05) is 65.2 Å². The predicted molar refractivity (Wildman–Crippen MR) is 80.3 cm³/mol. The topological polar surface area (TPSA) is 37.3 Å². The van der Waals surface area contributed by atoms with Crippen molar-refractivity contribution >= 4 is 5.97 Å². The zero-order chi connectivity index (χ0) is 14.1. The summed E-state index contributed by atoms with van der Waals surface area (Å²) in [6, 6.07) is 0. The molecule has 2 nitrogen and oxygen atoms in total. The van der Waals surface area contributed by atoms with Crippen LogP contribution in [0.1, 0.15) is 90.9 Å². The fourth-order valence-electron chi connectivity index (χ4n) is 3.52. The summed E-state index contributed by atoms with van der Waals surface area (Å²) in [5.74, 6) is 0.0601. The van der Waals surface area contributed by atoms with Crippen molar-refractivity contribution in [3.63, 3.8) is 0 Å². The third-order valence-electron chi connectivity index (χ3n) is 4.82. The van der Waals surface area contributed by atoms with E-state index in [2.05, 4.69) is 13.8 Å². The van der Waals surface area contributed by atoms with Gasteiger partial charge in [0.1, 0.15) is 0 Å². The van der Waals surface area contributed by atoms with Crippen LogP contribution in [-0.4, -0.2) is 11.1 Å². The number of hydrogen-bond donors (Lipinski definition) is 1. The average Bonchev–Trinajstić information content (AvgIpc) is 2.76. The SMILES string of the molecule is CCCCCCCCCCC1(C(=O)O)CCC(C)C1. The third kappa shape index (κ3) is 5.54. The Balaban J connectivity index is 2.11. The van der Waals surface area contributed by atoms with Gasteiger partial charge < -0.3 is 5.11 Å². The molecule has 0 aromatic heterocycles. The molecule has 0 aromatic rings. The van der Waals surface area contributed by atoms with Crippen molar-refractivity contribution < 1.29 is 9.90 Å². The van der Waals surface area contributed by atoms with Gasteiger partial charge in [-0.3, -0.25) is 4.79 Å². The summed E-state index contributed by atoms with van der Waals surface area (Å²) >= 11 is 0. The second-order valence-electron chi connectivity index (χ2n) is 6.66. The average molecular weight is 268 g/mol. The van der Waals surface area contributed by atoms with Crippen molar-refractivity contribution in [3.05, 3.63) is 0 Å². The molecule has 1 aliphatic rings. The molecule has 0 aliphatic heterocycles. The van der Waals surface area contributed by atoms with Gasteiger partial charge in [0, 0.05) is 0 Å². The predicted octanol–water partition coefficient (Wildman–Crippen LogP) is 5.41. The number of rotatable bonds is 10. The van der Waals surface area contributed by atoms with Crippen molar-refractivity contribution in [2.75, 3.05) is 0 Å². The van der Waals surface area contributed by atoms with E-state index in [0.717, 1.165) is 32.1 Å². The minimum atomic E-state index is -0.542. The van der Waals surface area contributed by atoms with Crippen molar-refractivity contribution in [1.29, 1.82) is 0 Å². The summed E-state index contributed by atoms with van der Waals surface area (Å²) in [6.07, 6.45) is 14.1. The molecule has 1 saturated carbocycles. The number of carbonyl (C=O) groups is 1. The lowest BCUT2D eigenvalue weighted by atomic mass is 9.80. The van der Waals surface area contributed by atoms with Crippen molar-refractivity contribution in [2.45, 2.75) is 90.9 Å². The second kappa shape index (κ2) is 8.60. The van der Waals surface area contributed by atoms with Crippen molar-refractivity contribution in [2.24, 2.45) is 11.3 Å². The quantitative estimate of drug-likeness (QED) is 0.538. The third-order valence-corrected chi connectivity index (χ3v) is 4.82. The molecule has 112 valence electrons. The number of hydrogen-bond acceptors (Lipinski definition) is 1. The van der Waals surface area contributed by atoms with E-state index in [1.807, 2.05) is 0 Å². The summed E-state index contributed by atoms with van der Waals surface area (Å²) in [6.45, 7) is 4.44. The molecular weight excluding hydrogens is 236 g/mol. The molecule has 1 fully saturated rings. The first-order valence-electron chi connectivity index (χ1n) is 8.34. The minimum absolute atomic E-state index is 0.373. The van der Waals surface area contributed by atoms with Gasteiger partial charge in [0.15, 0.2) is 0 Å². The zero-order valence-corrected chi connectivity index (χ0v) is 12.9. The highest BCUT2D eigenvalue weighted by atomic mass is 16.4. The van der Waals surface area contributed by atoms with Gasteiger partial charge in [0.2, 0.25) is 0 Å². The standard InChI is InChI=1S/C17H32O2/c1-3-4-5-6-7-8-9-10-12-17(16(18)19)13-11-15(2)14-17/h15H,3-14H2,1-2H3,(H,18,19). The first-order chi connectivity index (χ1) is 9.10. The molecule has 0 saturated heterocycles. The number of carboxylic acid groups (broad SMARTS) is 1. The molecule has 2 atom stereocenters. The van der Waals surface area contributed by atoms with Gasteiger partial charge in [-0.05, 0) is 31.6 Å². The Morgan fingerprint density at radius 3 is 2.16 bits per heavy atom. The first-order valence-corrected chi connectivity index (χ1v) is 8.34. The van der Waals surface area contributed by atoms with E-state index in [0.29, 0.717) is 5.92 Å². The van der Waals surface area contributed by atoms with Gasteiger partial charge in [0.25, 0.3) is 0 Å². The lowest BCUT2D eigenvalue weighted by Crippen LogP contribution is -2.28. The van der Waals surface area contributed by atoms with Crippen LogP contribution in [0.3, 0.4) is 0 Å². The van der Waals surface area contributed by atoms with Crippen LogP contribution in [0.15, 0.2) is 0 Å². The highest BCUT2D eigenvalue weighted by Gasteiger charge is 2.43. The van der Waals surface area contributed by atoms with Crippen LogP contribution < -0.4 is 0 Å². The Kier molecular flexibility index (Phi) is 7.48. The van der Waals surface area contributed by atoms with E-state index in [1.165, 1.54) is 44.9 Å². The van der Waals surface area contributed by atoms with Crippen LogP contribution in [0.25, 0.3) is 0 Å². The second-order valence-corrected chi connectivity index (χ2v) is 6.66. The normalized spacial score (nSPS) is 26.7. The number of aliphatic carboxylic acids is 1. The Hall–Kier alpha value is -0.530. The molecule has 0 heterocycles. The zero-order valence-electron chi connectivity index (χ0n) is 12.9. The summed E-state index contributed by atoms with van der Waals surface area (Å²) in [5.41, 5.74) is -0.373. The Morgan fingerprint density at radius 2 is 1.68 bits per heavy atom. The van der Waals surface area contributed by atoms with Crippen molar-refractivity contribution in [3.8, 4) is 0 Å². The number of carboxylic acids is 1. The van der Waals surface area contributed by atoms with Gasteiger partial charge in [-0.2, -0.15) is 0 Å². The molecular formula is C17H32O2. The van der Waals surface area contributed by atoms with Gasteiger partial charge >= 0.3 is 5.97 Å². The minimum Gasteiger partial charge on any atom is -0.481 e. The van der Waals surface area contributed by atoms with E-state index >= 15 is 0 Å². The Bertz CT molecular complexity index is 262. The molecule has 1 rings (SSSR count). The molecule has 0 aromatic carbocycles. The largest absolute Gasteiger partial charge is 0.481 e. The van der Waals surface area contributed by atoms with Gasteiger partial charge in [-0.15, -0.1) is 0 Å². The molecule has 2 unspecified atom stereocenters. The monoisotopic (exact) mass is 268 g/mol. The van der Waals surface area contributed by atoms with Crippen LogP contribution in [0.4, 0.5) is 0 Å². The van der Waals surface area contributed by atoms with E-state index in [1.54, 1.807) is 0 Å². The van der Waals surface area contributed by atoms with Gasteiger partial charge in [0.05, 0.1) is 5.41 Å². The summed E-state index contributed by atoms with van der Waals surface area (Å²) in [5, 5.41) is 9.48. The van der Waals surface area contributed by atoms with E-state index in [-0.39, 0.29) is 5.41 Å². The fraction of sp³-hybridized carbons (Fsp3) is 0.941. The maximum absolute atomic E-state index is 11.5. The number of unbranched alkanes of at least 4 members (excludes halogenated alkanes) is 7. The van der Waals surface area contributed by atoms with Crippen LogP contribution in [0.5, 0.6) is 0 Å². The van der Waals surface area contributed by atoms with Crippen LogP contribution >= 0.6 is 0 Å².